The van der Waals surface area contributed by atoms with E-state index in [4.69, 9.17) is 0 Å². The lowest BCUT2D eigenvalue weighted by atomic mass is 10.3. The van der Waals surface area contributed by atoms with E-state index in [1.54, 1.807) is 18.2 Å². The Morgan fingerprint density at radius 2 is 1.89 bits per heavy atom. The minimum atomic E-state index is -3.47. The maximum atomic E-state index is 12.2. The number of sulfonamides is 1. The molecule has 1 aromatic heterocycles. The maximum absolute atomic E-state index is 12.2. The number of hydrogen-bond acceptors (Lipinski definition) is 4. The van der Waals surface area contributed by atoms with Crippen LogP contribution in [0.15, 0.2) is 45.5 Å². The number of thioether (sulfide) groups is 1. The van der Waals surface area contributed by atoms with Gasteiger partial charge in [0.05, 0.1) is 5.69 Å². The molecule has 0 saturated heterocycles. The quantitative estimate of drug-likeness (QED) is 0.878. The third-order valence-electron chi connectivity index (χ3n) is 2.33. The van der Waals surface area contributed by atoms with E-state index in [0.717, 1.165) is 9.77 Å². The van der Waals surface area contributed by atoms with Gasteiger partial charge in [-0.1, -0.05) is 12.1 Å². The second-order valence-corrected chi connectivity index (χ2v) is 7.72. The van der Waals surface area contributed by atoms with Crippen molar-refractivity contribution in [3.8, 4) is 0 Å². The summed E-state index contributed by atoms with van der Waals surface area (Å²) in [6, 6.07) is 10.8. The third-order valence-corrected chi connectivity index (χ3v) is 5.99. The van der Waals surface area contributed by atoms with Crippen molar-refractivity contribution >= 4 is 38.8 Å². The van der Waals surface area contributed by atoms with Gasteiger partial charge in [0.15, 0.2) is 0 Å². The van der Waals surface area contributed by atoms with Gasteiger partial charge in [0, 0.05) is 9.77 Å². The van der Waals surface area contributed by atoms with Crippen molar-refractivity contribution in [2.45, 2.75) is 16.0 Å². The highest BCUT2D eigenvalue weighted by molar-refractivity contribution is 7.99. The molecule has 0 aliphatic carbocycles. The predicted molar refractivity (Wildman–Crippen MR) is 78.1 cm³/mol. The summed E-state index contributed by atoms with van der Waals surface area (Å²) in [4.78, 5) is 1.89. The fourth-order valence-electron chi connectivity index (χ4n) is 1.48. The highest BCUT2D eigenvalue weighted by Gasteiger charge is 2.17. The van der Waals surface area contributed by atoms with Crippen LogP contribution in [0.25, 0.3) is 0 Å². The fourth-order valence-corrected chi connectivity index (χ4v) is 4.46. The first-order valence-corrected chi connectivity index (χ1v) is 8.77. The van der Waals surface area contributed by atoms with E-state index in [1.807, 2.05) is 31.4 Å². The largest absolute Gasteiger partial charge is 0.278 e. The molecule has 0 atom stereocenters. The Morgan fingerprint density at radius 3 is 2.50 bits per heavy atom. The van der Waals surface area contributed by atoms with Crippen molar-refractivity contribution in [2.24, 2.45) is 0 Å². The van der Waals surface area contributed by atoms with Crippen LogP contribution in [0, 0.1) is 6.92 Å². The predicted octanol–water partition coefficient (Wildman–Crippen LogP) is 3.58. The highest BCUT2D eigenvalue weighted by Crippen LogP contribution is 2.28. The van der Waals surface area contributed by atoms with Crippen molar-refractivity contribution < 1.29 is 8.42 Å². The van der Waals surface area contributed by atoms with Gasteiger partial charge in [-0.25, -0.2) is 8.42 Å². The molecule has 96 valence electrons. The molecule has 3 nitrogen and oxygen atoms in total. The van der Waals surface area contributed by atoms with E-state index >= 15 is 0 Å². The Bertz CT molecular complexity index is 647. The van der Waals surface area contributed by atoms with Gasteiger partial charge in [-0.2, -0.15) is 0 Å². The minimum Gasteiger partial charge on any atom is -0.278 e. The summed E-state index contributed by atoms with van der Waals surface area (Å²) in [5, 5.41) is 0. The zero-order chi connectivity index (χ0) is 13.2. The van der Waals surface area contributed by atoms with Gasteiger partial charge in [0.1, 0.15) is 4.21 Å². The molecule has 0 unspecified atom stereocenters. The van der Waals surface area contributed by atoms with Gasteiger partial charge in [0.25, 0.3) is 10.0 Å². The van der Waals surface area contributed by atoms with Crippen LogP contribution in [0.4, 0.5) is 5.69 Å². The molecule has 0 fully saturated rings. The number of aryl methyl sites for hydroxylation is 1. The van der Waals surface area contributed by atoms with Crippen LogP contribution < -0.4 is 4.72 Å². The molecule has 2 aromatic rings. The SMILES string of the molecule is CSc1ccccc1NS(=O)(=O)c1ccc(C)s1. The first-order chi connectivity index (χ1) is 8.53. The van der Waals surface area contributed by atoms with Crippen molar-refractivity contribution in [3.63, 3.8) is 0 Å². The number of anilines is 1. The smallest absolute Gasteiger partial charge is 0.271 e. The van der Waals surface area contributed by atoms with Crippen LogP contribution in [0.2, 0.25) is 0 Å². The molecule has 6 heteroatoms. The van der Waals surface area contributed by atoms with Crippen molar-refractivity contribution in [3.05, 3.63) is 41.3 Å². The molecule has 2 rings (SSSR count). The molecule has 0 radical (unpaired) electrons. The van der Waals surface area contributed by atoms with Gasteiger partial charge in [-0.05, 0) is 37.4 Å². The summed E-state index contributed by atoms with van der Waals surface area (Å²) in [5.41, 5.74) is 0.621. The van der Waals surface area contributed by atoms with Gasteiger partial charge in [-0.3, -0.25) is 4.72 Å². The number of benzene rings is 1. The van der Waals surface area contributed by atoms with Crippen molar-refractivity contribution in [1.29, 1.82) is 0 Å². The number of para-hydroxylation sites is 1. The van der Waals surface area contributed by atoms with Crippen LogP contribution in [0.5, 0.6) is 0 Å². The Kier molecular flexibility index (Phi) is 3.99. The summed E-state index contributed by atoms with van der Waals surface area (Å²) < 4.78 is 27.3. The monoisotopic (exact) mass is 299 g/mol. The maximum Gasteiger partial charge on any atom is 0.271 e. The van der Waals surface area contributed by atoms with E-state index in [0.29, 0.717) is 9.90 Å². The van der Waals surface area contributed by atoms with E-state index in [2.05, 4.69) is 4.72 Å². The molecule has 1 aromatic carbocycles. The van der Waals surface area contributed by atoms with Crippen LogP contribution in [0.3, 0.4) is 0 Å². The number of thiophene rings is 1. The van der Waals surface area contributed by atoms with E-state index in [1.165, 1.54) is 23.1 Å². The summed E-state index contributed by atoms with van der Waals surface area (Å²) >= 11 is 2.78. The van der Waals surface area contributed by atoms with Gasteiger partial charge in [0.2, 0.25) is 0 Å². The Hall–Kier alpha value is -0.980. The molecular weight excluding hydrogens is 286 g/mol. The topological polar surface area (TPSA) is 46.2 Å². The average Bonchev–Trinajstić information content (AvgIpc) is 2.77. The Morgan fingerprint density at radius 1 is 1.17 bits per heavy atom. The van der Waals surface area contributed by atoms with Crippen LogP contribution in [-0.4, -0.2) is 14.7 Å². The van der Waals surface area contributed by atoms with Crippen LogP contribution in [-0.2, 0) is 10.0 Å². The normalized spacial score (nSPS) is 11.4. The lowest BCUT2D eigenvalue weighted by molar-refractivity contribution is 0.603. The van der Waals surface area contributed by atoms with E-state index in [9.17, 15) is 8.42 Å². The molecule has 0 bridgehead atoms. The molecule has 1 heterocycles. The van der Waals surface area contributed by atoms with Gasteiger partial charge < -0.3 is 0 Å². The van der Waals surface area contributed by atoms with Gasteiger partial charge >= 0.3 is 0 Å². The fraction of sp³-hybridized carbons (Fsp3) is 0.167. The first-order valence-electron chi connectivity index (χ1n) is 5.25. The number of hydrogen-bond donors (Lipinski definition) is 1. The zero-order valence-electron chi connectivity index (χ0n) is 10.0. The van der Waals surface area contributed by atoms with Crippen LogP contribution >= 0.6 is 23.1 Å². The second-order valence-electron chi connectivity index (χ2n) is 3.67. The first kappa shape index (κ1) is 13.5. The lowest BCUT2D eigenvalue weighted by Gasteiger charge is -2.09. The molecule has 1 N–H and O–H groups in total. The van der Waals surface area contributed by atoms with E-state index in [-0.39, 0.29) is 0 Å². The highest BCUT2D eigenvalue weighted by atomic mass is 32.2. The summed E-state index contributed by atoms with van der Waals surface area (Å²) in [6.45, 7) is 1.89. The Balaban J connectivity index is 2.33. The van der Waals surface area contributed by atoms with Gasteiger partial charge in [-0.15, -0.1) is 23.1 Å². The van der Waals surface area contributed by atoms with Crippen molar-refractivity contribution in [1.82, 2.24) is 0 Å². The minimum absolute atomic E-state index is 0.343. The number of nitrogens with one attached hydrogen (secondary N) is 1. The molecule has 18 heavy (non-hydrogen) atoms. The zero-order valence-corrected chi connectivity index (χ0v) is 12.5. The molecule has 0 amide bonds. The van der Waals surface area contributed by atoms with E-state index < -0.39 is 10.0 Å². The average molecular weight is 299 g/mol. The molecule has 0 spiro atoms. The third kappa shape index (κ3) is 2.88. The summed E-state index contributed by atoms with van der Waals surface area (Å²) in [6.07, 6.45) is 1.92. The Labute approximate surface area is 115 Å². The number of rotatable bonds is 4. The molecule has 0 saturated carbocycles. The molecule has 0 aliphatic heterocycles. The summed E-state index contributed by atoms with van der Waals surface area (Å²) in [7, 11) is -3.47. The second kappa shape index (κ2) is 5.34. The van der Waals surface area contributed by atoms with Crippen molar-refractivity contribution in [2.75, 3.05) is 11.0 Å². The standard InChI is InChI=1S/C12H13NO2S3/c1-9-7-8-12(17-9)18(14,15)13-10-5-3-4-6-11(10)16-2/h3-8,13H,1-2H3. The molecular formula is C12H13NO2S3. The summed E-state index contributed by atoms with van der Waals surface area (Å²) in [5.74, 6) is 0. The van der Waals surface area contributed by atoms with Crippen LogP contribution in [0.1, 0.15) is 4.88 Å². The lowest BCUT2D eigenvalue weighted by Crippen LogP contribution is -2.11. The molecule has 0 aliphatic rings.